The largest absolute Gasteiger partial charge is 0.478 e. The summed E-state index contributed by atoms with van der Waals surface area (Å²) in [6.45, 7) is 5.24. The van der Waals surface area contributed by atoms with Gasteiger partial charge in [0.25, 0.3) is 0 Å². The molecule has 0 spiro atoms. The van der Waals surface area contributed by atoms with Crippen LogP contribution in [0.25, 0.3) is 0 Å². The summed E-state index contributed by atoms with van der Waals surface area (Å²) >= 11 is 0. The van der Waals surface area contributed by atoms with E-state index in [9.17, 15) is 9.59 Å². The molecule has 4 heteroatoms. The number of carboxylic acid groups (broad SMARTS) is 1. The molecule has 4 nitrogen and oxygen atoms in total. The first kappa shape index (κ1) is 15.3. The molecule has 0 fully saturated rings. The Hall–Kier alpha value is -2.62. The average Bonchev–Trinajstić information content (AvgIpc) is 2.54. The van der Waals surface area contributed by atoms with Gasteiger partial charge in [-0.1, -0.05) is 26.0 Å². The lowest BCUT2D eigenvalue weighted by atomic mass is 9.77. The van der Waals surface area contributed by atoms with Crippen LogP contribution < -0.4 is 4.90 Å². The van der Waals surface area contributed by atoms with Crippen LogP contribution in [-0.4, -0.2) is 23.9 Å². The van der Waals surface area contributed by atoms with Gasteiger partial charge in [0.15, 0.2) is 0 Å². The molecule has 0 aliphatic carbocycles. The van der Waals surface area contributed by atoms with Crippen LogP contribution in [-0.2, 0) is 5.41 Å². The Labute approximate surface area is 135 Å². The Balaban J connectivity index is 2.07. The minimum atomic E-state index is -0.931. The van der Waals surface area contributed by atoms with Crippen LogP contribution in [0.15, 0.2) is 42.5 Å². The summed E-state index contributed by atoms with van der Waals surface area (Å²) < 4.78 is 0. The van der Waals surface area contributed by atoms with Gasteiger partial charge in [0, 0.05) is 23.5 Å². The maximum Gasteiger partial charge on any atom is 0.335 e. The van der Waals surface area contributed by atoms with Crippen molar-refractivity contribution in [1.82, 2.24) is 0 Å². The van der Waals surface area contributed by atoms with Crippen molar-refractivity contribution in [3.05, 3.63) is 59.2 Å². The molecule has 0 saturated carbocycles. The minimum Gasteiger partial charge on any atom is -0.478 e. The van der Waals surface area contributed by atoms with Crippen LogP contribution in [0.4, 0.5) is 11.4 Å². The highest BCUT2D eigenvalue weighted by atomic mass is 16.4. The van der Waals surface area contributed by atoms with E-state index >= 15 is 0 Å². The van der Waals surface area contributed by atoms with Gasteiger partial charge in [0.1, 0.15) is 6.29 Å². The number of nitrogens with zero attached hydrogens (tertiary/aromatic N) is 1. The summed E-state index contributed by atoms with van der Waals surface area (Å²) in [5, 5.41) is 9.03. The first-order chi connectivity index (χ1) is 10.9. The first-order valence-electron chi connectivity index (χ1n) is 7.63. The number of aldehydes is 1. The van der Waals surface area contributed by atoms with E-state index in [-0.39, 0.29) is 11.0 Å². The fraction of sp³-hybridized carbons (Fsp3) is 0.263. The molecule has 23 heavy (non-hydrogen) atoms. The summed E-state index contributed by atoms with van der Waals surface area (Å²) in [6, 6.07) is 12.6. The lowest BCUT2D eigenvalue weighted by molar-refractivity contribution is 0.0696. The number of carboxylic acids is 1. The number of fused-ring (bicyclic) bond motifs is 1. The monoisotopic (exact) mass is 309 g/mol. The van der Waals surface area contributed by atoms with Gasteiger partial charge in [-0.15, -0.1) is 0 Å². The topological polar surface area (TPSA) is 57.6 Å². The highest BCUT2D eigenvalue weighted by Gasteiger charge is 2.31. The second-order valence-electron chi connectivity index (χ2n) is 6.53. The zero-order valence-electron chi connectivity index (χ0n) is 13.2. The van der Waals surface area contributed by atoms with Crippen LogP contribution >= 0.6 is 0 Å². The third-order valence-corrected chi connectivity index (χ3v) is 4.56. The van der Waals surface area contributed by atoms with E-state index in [4.69, 9.17) is 5.11 Å². The van der Waals surface area contributed by atoms with E-state index in [2.05, 4.69) is 18.7 Å². The van der Waals surface area contributed by atoms with Crippen molar-refractivity contribution in [3.63, 3.8) is 0 Å². The smallest absolute Gasteiger partial charge is 0.335 e. The molecule has 0 bridgehead atoms. The van der Waals surface area contributed by atoms with E-state index in [0.717, 1.165) is 30.6 Å². The van der Waals surface area contributed by atoms with Crippen molar-refractivity contribution in [1.29, 1.82) is 0 Å². The van der Waals surface area contributed by atoms with Crippen LogP contribution in [0.1, 0.15) is 46.5 Å². The van der Waals surface area contributed by atoms with Crippen LogP contribution in [0.2, 0.25) is 0 Å². The summed E-state index contributed by atoms with van der Waals surface area (Å²) in [7, 11) is 0. The van der Waals surface area contributed by atoms with E-state index in [1.54, 1.807) is 12.1 Å². The van der Waals surface area contributed by atoms with Gasteiger partial charge >= 0.3 is 5.97 Å². The number of carbonyl (C=O) groups is 2. The van der Waals surface area contributed by atoms with E-state index in [1.807, 2.05) is 30.3 Å². The molecule has 0 saturated heterocycles. The molecule has 1 aliphatic rings. The van der Waals surface area contributed by atoms with Crippen molar-refractivity contribution in [2.45, 2.75) is 25.7 Å². The number of hydrogen-bond donors (Lipinski definition) is 1. The zero-order chi connectivity index (χ0) is 16.6. The minimum absolute atomic E-state index is 0.0499. The van der Waals surface area contributed by atoms with E-state index < -0.39 is 5.97 Å². The number of anilines is 2. The van der Waals surface area contributed by atoms with Gasteiger partial charge in [0.2, 0.25) is 0 Å². The molecule has 1 heterocycles. The lowest BCUT2D eigenvalue weighted by Gasteiger charge is -2.40. The highest BCUT2D eigenvalue weighted by Crippen LogP contribution is 2.43. The highest BCUT2D eigenvalue weighted by molar-refractivity contribution is 5.88. The summed E-state index contributed by atoms with van der Waals surface area (Å²) in [6.07, 6.45) is 1.84. The Morgan fingerprint density at radius 2 is 1.87 bits per heavy atom. The average molecular weight is 309 g/mol. The second-order valence-corrected chi connectivity index (χ2v) is 6.53. The van der Waals surface area contributed by atoms with Crippen LogP contribution in [0.5, 0.6) is 0 Å². The first-order valence-corrected chi connectivity index (χ1v) is 7.63. The van der Waals surface area contributed by atoms with E-state index in [0.29, 0.717) is 5.56 Å². The van der Waals surface area contributed by atoms with Gasteiger partial charge in [-0.3, -0.25) is 4.79 Å². The molecule has 118 valence electrons. The van der Waals surface area contributed by atoms with Crippen molar-refractivity contribution in [3.8, 4) is 0 Å². The predicted octanol–water partition coefficient (Wildman–Crippen LogP) is 4.02. The fourth-order valence-corrected chi connectivity index (χ4v) is 3.12. The molecular weight excluding hydrogens is 290 g/mol. The Morgan fingerprint density at radius 3 is 2.48 bits per heavy atom. The Kier molecular flexibility index (Phi) is 3.68. The van der Waals surface area contributed by atoms with Gasteiger partial charge in [0.05, 0.1) is 5.56 Å². The molecule has 0 amide bonds. The molecule has 0 unspecified atom stereocenters. The van der Waals surface area contributed by atoms with Crippen molar-refractivity contribution in [2.24, 2.45) is 0 Å². The number of carbonyl (C=O) groups excluding carboxylic acids is 1. The predicted molar refractivity (Wildman–Crippen MR) is 89.9 cm³/mol. The molecule has 0 aromatic heterocycles. The summed E-state index contributed by atoms with van der Waals surface area (Å²) in [4.78, 5) is 24.3. The van der Waals surface area contributed by atoms with Crippen molar-refractivity contribution in [2.75, 3.05) is 11.4 Å². The maximum absolute atomic E-state index is 11.1. The van der Waals surface area contributed by atoms with Gasteiger partial charge in [-0.2, -0.15) is 0 Å². The standard InChI is InChI=1S/C19H19NO3/c1-19(2)9-10-20(15-6-4-14(5-7-15)18(22)23)17-11-13(12-21)3-8-16(17)19/h3-8,11-12H,9-10H2,1-2H3,(H,22,23). The molecule has 0 radical (unpaired) electrons. The second kappa shape index (κ2) is 5.54. The fourth-order valence-electron chi connectivity index (χ4n) is 3.12. The van der Waals surface area contributed by atoms with Crippen molar-refractivity contribution >= 4 is 23.6 Å². The number of benzene rings is 2. The molecule has 2 aromatic rings. The third kappa shape index (κ3) is 2.72. The number of hydrogen-bond acceptors (Lipinski definition) is 3. The van der Waals surface area contributed by atoms with Gasteiger partial charge in [-0.05, 0) is 47.7 Å². The van der Waals surface area contributed by atoms with Gasteiger partial charge in [-0.25, -0.2) is 4.79 Å². The zero-order valence-corrected chi connectivity index (χ0v) is 13.2. The van der Waals surface area contributed by atoms with Gasteiger partial charge < -0.3 is 10.0 Å². The maximum atomic E-state index is 11.1. The lowest BCUT2D eigenvalue weighted by Crippen LogP contribution is -2.34. The molecular formula is C19H19NO3. The normalized spacial score (nSPS) is 15.8. The van der Waals surface area contributed by atoms with E-state index in [1.165, 1.54) is 5.56 Å². The molecule has 2 aromatic carbocycles. The van der Waals surface area contributed by atoms with Crippen LogP contribution in [0.3, 0.4) is 0 Å². The number of rotatable bonds is 3. The SMILES string of the molecule is CC1(C)CCN(c2ccc(C(=O)O)cc2)c2cc(C=O)ccc21. The third-order valence-electron chi connectivity index (χ3n) is 4.56. The molecule has 3 rings (SSSR count). The summed E-state index contributed by atoms with van der Waals surface area (Å²) in [5.41, 5.74) is 4.13. The molecule has 0 atom stereocenters. The molecule has 1 N–H and O–H groups in total. The van der Waals surface area contributed by atoms with Crippen LogP contribution in [0, 0.1) is 0 Å². The quantitative estimate of drug-likeness (QED) is 0.870. The summed E-state index contributed by atoms with van der Waals surface area (Å²) in [5.74, 6) is -0.931. The number of aromatic carboxylic acids is 1. The molecule has 1 aliphatic heterocycles. The Bertz CT molecular complexity index is 763. The Morgan fingerprint density at radius 1 is 1.17 bits per heavy atom. The van der Waals surface area contributed by atoms with Crippen molar-refractivity contribution < 1.29 is 14.7 Å².